The van der Waals surface area contributed by atoms with E-state index in [4.69, 9.17) is 6.42 Å². The lowest BCUT2D eigenvalue weighted by Crippen LogP contribution is -2.04. The van der Waals surface area contributed by atoms with E-state index in [1.165, 1.54) is 27.8 Å². The molecule has 0 heterocycles. The van der Waals surface area contributed by atoms with Gasteiger partial charge in [0.1, 0.15) is 0 Å². The van der Waals surface area contributed by atoms with Crippen LogP contribution in [0.25, 0.3) is 0 Å². The van der Waals surface area contributed by atoms with Crippen LogP contribution in [0, 0.1) is 40.0 Å². The van der Waals surface area contributed by atoms with Gasteiger partial charge in [0.05, 0.1) is 0 Å². The average Bonchev–Trinajstić information content (AvgIpc) is 2.25. The number of hydrogen-bond donors (Lipinski definition) is 0. The zero-order chi connectivity index (χ0) is 12.3. The van der Waals surface area contributed by atoms with Gasteiger partial charge in [0.2, 0.25) is 0 Å². The third-order valence-corrected chi connectivity index (χ3v) is 3.54. The molecule has 0 aliphatic carbocycles. The van der Waals surface area contributed by atoms with E-state index in [1.807, 2.05) is 0 Å². The van der Waals surface area contributed by atoms with E-state index < -0.39 is 0 Å². The quantitative estimate of drug-likeness (QED) is 0.653. The second kappa shape index (κ2) is 5.21. The van der Waals surface area contributed by atoms with Crippen LogP contribution in [0.2, 0.25) is 0 Å². The van der Waals surface area contributed by atoms with Crippen molar-refractivity contribution in [1.29, 1.82) is 0 Å². The fourth-order valence-electron chi connectivity index (χ4n) is 2.44. The summed E-state index contributed by atoms with van der Waals surface area (Å²) in [6, 6.07) is 2.26. The maximum Gasteiger partial charge on any atom is 0.0454 e. The second-order valence-corrected chi connectivity index (χ2v) is 4.68. The van der Waals surface area contributed by atoms with Gasteiger partial charge in [-0.3, -0.25) is 0 Å². The Morgan fingerprint density at radius 2 is 1.75 bits per heavy atom. The molecule has 0 radical (unpaired) electrons. The van der Waals surface area contributed by atoms with Crippen LogP contribution in [0.1, 0.15) is 53.5 Å². The average molecular weight is 214 g/mol. The number of terminal acetylenes is 1. The van der Waals surface area contributed by atoms with Gasteiger partial charge in [-0.15, -0.1) is 6.42 Å². The first-order valence-corrected chi connectivity index (χ1v) is 6.06. The van der Waals surface area contributed by atoms with Gasteiger partial charge in [0, 0.05) is 5.92 Å². The molecular weight excluding hydrogens is 192 g/mol. The molecule has 0 fully saturated rings. The van der Waals surface area contributed by atoms with Crippen LogP contribution in [-0.4, -0.2) is 0 Å². The molecule has 86 valence electrons. The van der Waals surface area contributed by atoms with Crippen LogP contribution >= 0.6 is 0 Å². The van der Waals surface area contributed by atoms with Crippen LogP contribution in [0.3, 0.4) is 0 Å². The summed E-state index contributed by atoms with van der Waals surface area (Å²) in [5, 5.41) is 0. The molecule has 0 bridgehead atoms. The topological polar surface area (TPSA) is 0 Å². The molecule has 0 saturated heterocycles. The molecule has 0 nitrogen and oxygen atoms in total. The number of aryl methyl sites for hydroxylation is 2. The molecule has 0 spiro atoms. The van der Waals surface area contributed by atoms with Gasteiger partial charge in [-0.1, -0.05) is 25.3 Å². The van der Waals surface area contributed by atoms with Gasteiger partial charge in [0.25, 0.3) is 0 Å². The Morgan fingerprint density at radius 1 is 1.12 bits per heavy atom. The minimum atomic E-state index is 0.282. The molecule has 1 aromatic carbocycles. The molecule has 1 atom stereocenters. The van der Waals surface area contributed by atoms with Crippen molar-refractivity contribution in [2.45, 2.75) is 53.4 Å². The SMILES string of the molecule is C#CC(CCC)c1c(C)cc(C)c(C)c1C. The standard InChI is InChI=1S/C16H22/c1-7-9-15(8-2)16-12(4)10-11(3)13(5)14(16)6/h2,10,15H,7,9H2,1,3-6H3. The van der Waals surface area contributed by atoms with Crippen LogP contribution in [0.4, 0.5) is 0 Å². The highest BCUT2D eigenvalue weighted by atomic mass is 14.2. The number of rotatable bonds is 3. The zero-order valence-corrected chi connectivity index (χ0v) is 11.1. The molecule has 1 rings (SSSR count). The van der Waals surface area contributed by atoms with Crippen molar-refractivity contribution < 1.29 is 0 Å². The number of hydrogen-bond acceptors (Lipinski definition) is 0. The maximum atomic E-state index is 5.67. The van der Waals surface area contributed by atoms with E-state index in [2.05, 4.69) is 46.6 Å². The Bertz CT molecular complexity index is 419. The fraction of sp³-hybridized carbons (Fsp3) is 0.500. The molecule has 16 heavy (non-hydrogen) atoms. The van der Waals surface area contributed by atoms with Crippen molar-refractivity contribution >= 4 is 0 Å². The molecule has 1 aromatic rings. The Balaban J connectivity index is 3.33. The normalized spacial score (nSPS) is 12.2. The second-order valence-electron chi connectivity index (χ2n) is 4.68. The molecule has 0 amide bonds. The van der Waals surface area contributed by atoms with Crippen LogP contribution in [-0.2, 0) is 0 Å². The Labute approximate surface area is 100 Å². The molecule has 0 aliphatic heterocycles. The summed E-state index contributed by atoms with van der Waals surface area (Å²) in [6.07, 6.45) is 7.89. The lowest BCUT2D eigenvalue weighted by atomic mass is 9.85. The lowest BCUT2D eigenvalue weighted by molar-refractivity contribution is 0.725. The van der Waals surface area contributed by atoms with Crippen LogP contribution in [0.15, 0.2) is 6.07 Å². The molecule has 0 N–H and O–H groups in total. The molecular formula is C16H22. The highest BCUT2D eigenvalue weighted by Crippen LogP contribution is 2.30. The summed E-state index contributed by atoms with van der Waals surface area (Å²) >= 11 is 0. The smallest absolute Gasteiger partial charge is 0.0454 e. The van der Waals surface area contributed by atoms with E-state index in [0.29, 0.717) is 0 Å². The Hall–Kier alpha value is -1.22. The van der Waals surface area contributed by atoms with Crippen molar-refractivity contribution in [2.75, 3.05) is 0 Å². The molecule has 1 unspecified atom stereocenters. The monoisotopic (exact) mass is 214 g/mol. The molecule has 0 aromatic heterocycles. The van der Waals surface area contributed by atoms with E-state index in [-0.39, 0.29) is 5.92 Å². The predicted octanol–water partition coefficient (Wildman–Crippen LogP) is 4.44. The third kappa shape index (κ3) is 2.30. The first kappa shape index (κ1) is 12.8. The molecule has 0 saturated carbocycles. The summed E-state index contributed by atoms with van der Waals surface area (Å²) in [4.78, 5) is 0. The summed E-state index contributed by atoms with van der Waals surface area (Å²) in [5.74, 6) is 3.23. The Morgan fingerprint density at radius 3 is 2.25 bits per heavy atom. The highest BCUT2D eigenvalue weighted by molar-refractivity contribution is 5.47. The summed E-state index contributed by atoms with van der Waals surface area (Å²) in [5.41, 5.74) is 6.86. The van der Waals surface area contributed by atoms with E-state index in [1.54, 1.807) is 0 Å². The van der Waals surface area contributed by atoms with E-state index >= 15 is 0 Å². The molecule has 0 heteroatoms. The molecule has 0 aliphatic rings. The van der Waals surface area contributed by atoms with Crippen molar-refractivity contribution in [3.63, 3.8) is 0 Å². The minimum absolute atomic E-state index is 0.282. The zero-order valence-electron chi connectivity index (χ0n) is 11.1. The first-order valence-electron chi connectivity index (χ1n) is 6.06. The van der Waals surface area contributed by atoms with Gasteiger partial charge in [-0.05, 0) is 61.9 Å². The van der Waals surface area contributed by atoms with Gasteiger partial charge >= 0.3 is 0 Å². The lowest BCUT2D eigenvalue weighted by Gasteiger charge is -2.19. The van der Waals surface area contributed by atoms with Crippen molar-refractivity contribution in [3.05, 3.63) is 33.9 Å². The van der Waals surface area contributed by atoms with Crippen molar-refractivity contribution in [1.82, 2.24) is 0 Å². The largest absolute Gasteiger partial charge is 0.119 e. The van der Waals surface area contributed by atoms with Gasteiger partial charge in [-0.25, -0.2) is 0 Å². The number of benzene rings is 1. The summed E-state index contributed by atoms with van der Waals surface area (Å²) in [6.45, 7) is 10.9. The highest BCUT2D eigenvalue weighted by Gasteiger charge is 2.15. The van der Waals surface area contributed by atoms with E-state index in [0.717, 1.165) is 12.8 Å². The van der Waals surface area contributed by atoms with Crippen LogP contribution in [0.5, 0.6) is 0 Å². The predicted molar refractivity (Wildman–Crippen MR) is 71.9 cm³/mol. The third-order valence-electron chi connectivity index (χ3n) is 3.54. The van der Waals surface area contributed by atoms with Gasteiger partial charge < -0.3 is 0 Å². The Kier molecular flexibility index (Phi) is 4.19. The summed E-state index contributed by atoms with van der Waals surface area (Å²) in [7, 11) is 0. The van der Waals surface area contributed by atoms with Crippen LogP contribution < -0.4 is 0 Å². The van der Waals surface area contributed by atoms with Gasteiger partial charge in [-0.2, -0.15) is 0 Å². The van der Waals surface area contributed by atoms with Crippen molar-refractivity contribution in [3.8, 4) is 12.3 Å². The maximum absolute atomic E-state index is 5.67. The minimum Gasteiger partial charge on any atom is -0.119 e. The van der Waals surface area contributed by atoms with Gasteiger partial charge in [0.15, 0.2) is 0 Å². The van der Waals surface area contributed by atoms with E-state index in [9.17, 15) is 0 Å². The van der Waals surface area contributed by atoms with Crippen molar-refractivity contribution in [2.24, 2.45) is 0 Å². The fourth-order valence-corrected chi connectivity index (χ4v) is 2.44. The first-order chi connectivity index (χ1) is 7.52. The summed E-state index contributed by atoms with van der Waals surface area (Å²) < 4.78 is 0.